The lowest BCUT2D eigenvalue weighted by molar-refractivity contribution is -0.0299. The highest BCUT2D eigenvalue weighted by atomic mass is 16.6. The zero-order valence-electron chi connectivity index (χ0n) is 14.9. The number of aromatic nitrogens is 4. The highest BCUT2D eigenvalue weighted by Gasteiger charge is 2.42. The second kappa shape index (κ2) is 6.42. The van der Waals surface area contributed by atoms with Crippen LogP contribution < -0.4 is 0 Å². The van der Waals surface area contributed by atoms with Crippen molar-refractivity contribution in [3.63, 3.8) is 0 Å². The summed E-state index contributed by atoms with van der Waals surface area (Å²) in [6.45, 7) is 6.02. The molecule has 1 saturated heterocycles. The van der Waals surface area contributed by atoms with E-state index in [-0.39, 0.29) is 0 Å². The van der Waals surface area contributed by atoms with Crippen molar-refractivity contribution in [2.24, 2.45) is 0 Å². The van der Waals surface area contributed by atoms with Crippen molar-refractivity contribution in [1.82, 2.24) is 19.5 Å². The lowest BCUT2D eigenvalue weighted by atomic mass is 9.99. The van der Waals surface area contributed by atoms with Gasteiger partial charge in [0, 0.05) is 5.56 Å². The molecule has 1 fully saturated rings. The zero-order valence-corrected chi connectivity index (χ0v) is 14.9. The van der Waals surface area contributed by atoms with Crippen molar-refractivity contribution in [3.8, 4) is 11.3 Å². The topological polar surface area (TPSA) is 93.3 Å². The number of aliphatic hydroxyl groups is 2. The quantitative estimate of drug-likeness (QED) is 0.749. The van der Waals surface area contributed by atoms with E-state index in [4.69, 9.17) is 4.74 Å². The van der Waals surface area contributed by atoms with Crippen LogP contribution in [0.3, 0.4) is 0 Å². The summed E-state index contributed by atoms with van der Waals surface area (Å²) >= 11 is 0. The molecule has 1 aliphatic heterocycles. The molecular formula is C19H22N4O3. The van der Waals surface area contributed by atoms with Gasteiger partial charge in [0.1, 0.15) is 29.7 Å². The predicted molar refractivity (Wildman–Crippen MR) is 96.4 cm³/mol. The Morgan fingerprint density at radius 2 is 1.92 bits per heavy atom. The molecule has 2 aromatic heterocycles. The lowest BCUT2D eigenvalue weighted by Crippen LogP contribution is -2.30. The van der Waals surface area contributed by atoms with E-state index in [1.165, 1.54) is 11.9 Å². The smallest absolute Gasteiger partial charge is 0.166 e. The Morgan fingerprint density at radius 3 is 2.62 bits per heavy atom. The molecule has 7 heteroatoms. The first-order valence-corrected chi connectivity index (χ1v) is 8.77. The van der Waals surface area contributed by atoms with Crippen LogP contribution in [0.2, 0.25) is 0 Å². The third-order valence-electron chi connectivity index (χ3n) is 4.94. The van der Waals surface area contributed by atoms with Gasteiger partial charge in [0.15, 0.2) is 11.9 Å². The summed E-state index contributed by atoms with van der Waals surface area (Å²) < 4.78 is 7.35. The number of hydrogen-bond donors (Lipinski definition) is 2. The van der Waals surface area contributed by atoms with E-state index in [1.54, 1.807) is 17.8 Å². The Morgan fingerprint density at radius 1 is 1.12 bits per heavy atom. The Balaban J connectivity index is 1.80. The normalized spacial score (nSPS) is 26.1. The lowest BCUT2D eigenvalue weighted by Gasteiger charge is -2.16. The second-order valence-electron chi connectivity index (χ2n) is 7.04. The molecule has 136 valence electrons. The zero-order chi connectivity index (χ0) is 18.4. The minimum absolute atomic E-state index is 0.412. The number of aliphatic hydroxyl groups excluding tert-OH is 2. The number of hydrogen-bond acceptors (Lipinski definition) is 6. The van der Waals surface area contributed by atoms with Crippen LogP contribution in [-0.2, 0) is 4.74 Å². The van der Waals surface area contributed by atoms with Crippen LogP contribution in [0.4, 0.5) is 0 Å². The fourth-order valence-corrected chi connectivity index (χ4v) is 3.35. The van der Waals surface area contributed by atoms with Gasteiger partial charge >= 0.3 is 0 Å². The molecule has 0 aliphatic carbocycles. The van der Waals surface area contributed by atoms with Crippen molar-refractivity contribution in [2.45, 2.75) is 51.2 Å². The molecule has 0 bridgehead atoms. The van der Waals surface area contributed by atoms with Gasteiger partial charge in [-0.05, 0) is 24.5 Å². The number of rotatable bonds is 3. The summed E-state index contributed by atoms with van der Waals surface area (Å²) in [4.78, 5) is 13.2. The summed E-state index contributed by atoms with van der Waals surface area (Å²) in [5.74, 6) is 0.412. The summed E-state index contributed by atoms with van der Waals surface area (Å²) in [5, 5.41) is 20.3. The number of imidazole rings is 1. The highest BCUT2D eigenvalue weighted by Crippen LogP contribution is 2.33. The van der Waals surface area contributed by atoms with Crippen molar-refractivity contribution in [1.29, 1.82) is 0 Å². The van der Waals surface area contributed by atoms with Gasteiger partial charge in [0.05, 0.1) is 12.4 Å². The number of fused-ring (bicyclic) bond motifs is 1. The Hall–Kier alpha value is -2.35. The molecule has 1 aliphatic rings. The molecule has 7 nitrogen and oxygen atoms in total. The highest BCUT2D eigenvalue weighted by molar-refractivity contribution is 5.87. The molecule has 1 aromatic carbocycles. The van der Waals surface area contributed by atoms with Gasteiger partial charge in [-0.15, -0.1) is 0 Å². The molecular weight excluding hydrogens is 332 g/mol. The molecule has 3 aromatic rings. The van der Waals surface area contributed by atoms with Crippen molar-refractivity contribution in [3.05, 3.63) is 42.5 Å². The molecule has 4 rings (SSSR count). The molecule has 0 saturated carbocycles. The number of benzene rings is 1. The van der Waals surface area contributed by atoms with Gasteiger partial charge in [-0.2, -0.15) is 0 Å². The van der Waals surface area contributed by atoms with Crippen LogP contribution in [0.1, 0.15) is 38.5 Å². The van der Waals surface area contributed by atoms with Crippen molar-refractivity contribution < 1.29 is 14.9 Å². The predicted octanol–water partition coefficient (Wildman–Crippen LogP) is 2.26. The molecule has 0 amide bonds. The maximum Gasteiger partial charge on any atom is 0.166 e. The third-order valence-corrected chi connectivity index (χ3v) is 4.94. The second-order valence-corrected chi connectivity index (χ2v) is 7.04. The molecule has 2 N–H and O–H groups in total. The standard InChI is InChI=1S/C19H22N4O3/c1-10(2)12-5-4-6-13(7-12)14-15-18(21-8-20-14)23(9-22-15)19-17(25)16(24)11(3)26-19/h4-11,16-17,19,24-25H,1-3H3/t11-,16+,17-,19-/m1/s1. The first-order valence-electron chi connectivity index (χ1n) is 8.77. The van der Waals surface area contributed by atoms with E-state index in [1.807, 2.05) is 12.1 Å². The van der Waals surface area contributed by atoms with Gasteiger partial charge in [-0.3, -0.25) is 4.57 Å². The van der Waals surface area contributed by atoms with E-state index in [0.717, 1.165) is 11.3 Å². The molecule has 26 heavy (non-hydrogen) atoms. The summed E-state index contributed by atoms with van der Waals surface area (Å²) in [7, 11) is 0. The van der Waals surface area contributed by atoms with Crippen LogP contribution in [-0.4, -0.2) is 48.0 Å². The molecule has 4 atom stereocenters. The molecule has 0 radical (unpaired) electrons. The fraction of sp³-hybridized carbons (Fsp3) is 0.421. The van der Waals surface area contributed by atoms with Crippen molar-refractivity contribution >= 4 is 11.2 Å². The fourth-order valence-electron chi connectivity index (χ4n) is 3.35. The van der Waals surface area contributed by atoms with E-state index < -0.39 is 24.5 Å². The molecule has 3 heterocycles. The van der Waals surface area contributed by atoms with E-state index in [9.17, 15) is 10.2 Å². The largest absolute Gasteiger partial charge is 0.388 e. The van der Waals surface area contributed by atoms with Crippen LogP contribution in [0.5, 0.6) is 0 Å². The number of ether oxygens (including phenoxy) is 1. The van der Waals surface area contributed by atoms with Gasteiger partial charge in [-0.25, -0.2) is 15.0 Å². The summed E-state index contributed by atoms with van der Waals surface area (Å²) in [5.41, 5.74) is 4.13. The first kappa shape index (κ1) is 17.1. The Kier molecular flexibility index (Phi) is 4.22. The Bertz CT molecular complexity index is 939. The average Bonchev–Trinajstić information content (AvgIpc) is 3.18. The van der Waals surface area contributed by atoms with Gasteiger partial charge in [-0.1, -0.05) is 32.0 Å². The van der Waals surface area contributed by atoms with Gasteiger partial charge in [0.25, 0.3) is 0 Å². The SMILES string of the molecule is CC(C)c1cccc(-c2ncnc3c2ncn3[C@@H]2O[C@H](C)[C@H](O)[C@H]2O)c1. The maximum atomic E-state index is 10.3. The monoisotopic (exact) mass is 354 g/mol. The minimum atomic E-state index is -1.04. The third kappa shape index (κ3) is 2.68. The maximum absolute atomic E-state index is 10.3. The van der Waals surface area contributed by atoms with Crippen LogP contribution in [0.25, 0.3) is 22.4 Å². The number of nitrogens with zero attached hydrogens (tertiary/aromatic N) is 4. The van der Waals surface area contributed by atoms with E-state index >= 15 is 0 Å². The van der Waals surface area contributed by atoms with E-state index in [0.29, 0.717) is 17.1 Å². The van der Waals surface area contributed by atoms with Gasteiger partial charge in [0.2, 0.25) is 0 Å². The van der Waals surface area contributed by atoms with Crippen LogP contribution in [0.15, 0.2) is 36.9 Å². The average molecular weight is 354 g/mol. The Labute approximate surface area is 151 Å². The summed E-state index contributed by atoms with van der Waals surface area (Å²) in [6, 6.07) is 8.21. The van der Waals surface area contributed by atoms with Crippen LogP contribution >= 0.6 is 0 Å². The first-order chi connectivity index (χ1) is 12.5. The molecule has 0 spiro atoms. The van der Waals surface area contributed by atoms with Crippen molar-refractivity contribution in [2.75, 3.05) is 0 Å². The van der Waals surface area contributed by atoms with Gasteiger partial charge < -0.3 is 14.9 Å². The minimum Gasteiger partial charge on any atom is -0.388 e. The molecule has 0 unspecified atom stereocenters. The van der Waals surface area contributed by atoms with Crippen LogP contribution in [0, 0.1) is 0 Å². The summed E-state index contributed by atoms with van der Waals surface area (Å²) in [6.07, 6.45) is -0.106. The van der Waals surface area contributed by atoms with E-state index in [2.05, 4.69) is 40.9 Å².